The van der Waals surface area contributed by atoms with E-state index in [1.807, 2.05) is 36.4 Å². The molecule has 24 heavy (non-hydrogen) atoms. The highest BCUT2D eigenvalue weighted by molar-refractivity contribution is 5.68. The number of aliphatic carboxylic acids is 1. The lowest BCUT2D eigenvalue weighted by atomic mass is 9.98. The van der Waals surface area contributed by atoms with Gasteiger partial charge in [0.25, 0.3) is 0 Å². The summed E-state index contributed by atoms with van der Waals surface area (Å²) < 4.78 is 0. The van der Waals surface area contributed by atoms with Crippen molar-refractivity contribution in [3.63, 3.8) is 0 Å². The van der Waals surface area contributed by atoms with Crippen molar-refractivity contribution >= 4 is 11.7 Å². The van der Waals surface area contributed by atoms with Crippen LogP contribution in [0.5, 0.6) is 0 Å². The van der Waals surface area contributed by atoms with Gasteiger partial charge < -0.3 is 10.0 Å². The molecule has 4 heteroatoms. The maximum atomic E-state index is 11.4. The van der Waals surface area contributed by atoms with Crippen molar-refractivity contribution in [3.8, 4) is 0 Å². The summed E-state index contributed by atoms with van der Waals surface area (Å²) in [7, 11) is 0. The first-order chi connectivity index (χ1) is 11.6. The molecule has 1 heterocycles. The van der Waals surface area contributed by atoms with Crippen molar-refractivity contribution in [1.29, 1.82) is 0 Å². The molecule has 0 bridgehead atoms. The highest BCUT2D eigenvalue weighted by Gasteiger charge is 2.35. The molecule has 0 aromatic heterocycles. The highest BCUT2D eigenvalue weighted by atomic mass is 16.4. The second-order valence-electron chi connectivity index (χ2n) is 6.39. The van der Waals surface area contributed by atoms with E-state index in [-0.39, 0.29) is 18.5 Å². The van der Waals surface area contributed by atoms with Crippen LogP contribution in [0.1, 0.15) is 18.9 Å². The Bertz CT molecular complexity index is 658. The first-order valence-corrected chi connectivity index (χ1v) is 8.46. The van der Waals surface area contributed by atoms with E-state index in [0.717, 1.165) is 19.6 Å². The third-order valence-electron chi connectivity index (χ3n) is 4.85. The number of para-hydroxylation sites is 1. The first kappa shape index (κ1) is 16.5. The molecule has 2 aromatic rings. The summed E-state index contributed by atoms with van der Waals surface area (Å²) in [6.45, 7) is 4.71. The Kier molecular flexibility index (Phi) is 5.16. The third kappa shape index (κ3) is 3.77. The Hall–Kier alpha value is -2.33. The summed E-state index contributed by atoms with van der Waals surface area (Å²) in [5.74, 6) is -0.736. The molecule has 0 aliphatic carbocycles. The second-order valence-corrected chi connectivity index (χ2v) is 6.39. The number of hydrogen-bond donors (Lipinski definition) is 1. The fourth-order valence-corrected chi connectivity index (χ4v) is 3.59. The predicted molar refractivity (Wildman–Crippen MR) is 96.1 cm³/mol. The van der Waals surface area contributed by atoms with Gasteiger partial charge in [-0.15, -0.1) is 0 Å². The Morgan fingerprint density at radius 1 is 1.04 bits per heavy atom. The van der Waals surface area contributed by atoms with E-state index in [0.29, 0.717) is 0 Å². The van der Waals surface area contributed by atoms with Gasteiger partial charge in [0.1, 0.15) is 0 Å². The molecule has 3 rings (SSSR count). The number of nitrogens with zero attached hydrogens (tertiary/aromatic N) is 2. The van der Waals surface area contributed by atoms with Gasteiger partial charge in [0, 0.05) is 37.4 Å². The minimum absolute atomic E-state index is 0.00309. The molecular weight excluding hydrogens is 300 g/mol. The zero-order valence-electron chi connectivity index (χ0n) is 14.0. The van der Waals surface area contributed by atoms with Crippen LogP contribution in [-0.2, 0) is 11.3 Å². The predicted octanol–water partition coefficient (Wildman–Crippen LogP) is 3.24. The van der Waals surface area contributed by atoms with Crippen molar-refractivity contribution in [2.75, 3.05) is 18.0 Å². The third-order valence-corrected chi connectivity index (χ3v) is 4.85. The number of hydrogen-bond acceptors (Lipinski definition) is 3. The summed E-state index contributed by atoms with van der Waals surface area (Å²) in [5.41, 5.74) is 2.40. The Morgan fingerprint density at radius 3 is 2.29 bits per heavy atom. The first-order valence-electron chi connectivity index (χ1n) is 8.46. The molecule has 1 aliphatic heterocycles. The number of anilines is 1. The van der Waals surface area contributed by atoms with Crippen molar-refractivity contribution in [1.82, 2.24) is 4.90 Å². The number of benzene rings is 2. The van der Waals surface area contributed by atoms with Crippen LogP contribution in [0, 0.1) is 0 Å². The summed E-state index contributed by atoms with van der Waals surface area (Å²) in [6.07, 6.45) is 0.164. The smallest absolute Gasteiger partial charge is 0.305 e. The van der Waals surface area contributed by atoms with Crippen molar-refractivity contribution < 1.29 is 9.90 Å². The normalized spacial score (nSPS) is 21.6. The van der Waals surface area contributed by atoms with E-state index in [9.17, 15) is 9.90 Å². The van der Waals surface area contributed by atoms with Gasteiger partial charge in [-0.1, -0.05) is 48.5 Å². The Morgan fingerprint density at radius 2 is 1.67 bits per heavy atom. The van der Waals surface area contributed by atoms with Gasteiger partial charge in [0.15, 0.2) is 0 Å². The van der Waals surface area contributed by atoms with Crippen LogP contribution < -0.4 is 4.90 Å². The van der Waals surface area contributed by atoms with E-state index in [1.54, 1.807) is 0 Å². The SMILES string of the molecule is C[C@H]1[C@H](CC(=O)O)N(Cc2ccccc2)CCN1c1ccccc1. The average Bonchev–Trinajstić information content (AvgIpc) is 2.59. The van der Waals surface area contributed by atoms with E-state index in [1.165, 1.54) is 11.3 Å². The zero-order chi connectivity index (χ0) is 16.9. The summed E-state index contributed by atoms with van der Waals surface area (Å²) in [6, 6.07) is 20.7. The number of carboxylic acids is 1. The summed E-state index contributed by atoms with van der Waals surface area (Å²) in [4.78, 5) is 16.1. The Balaban J connectivity index is 1.80. The van der Waals surface area contributed by atoms with Gasteiger partial charge in [0.05, 0.1) is 6.42 Å². The molecular formula is C20H24N2O2. The number of piperazine rings is 1. The summed E-state index contributed by atoms with van der Waals surface area (Å²) >= 11 is 0. The van der Waals surface area contributed by atoms with Crippen LogP contribution in [-0.4, -0.2) is 41.1 Å². The molecule has 4 nitrogen and oxygen atoms in total. The summed E-state index contributed by atoms with van der Waals surface area (Å²) in [5, 5.41) is 9.38. The monoisotopic (exact) mass is 324 g/mol. The van der Waals surface area contributed by atoms with Crippen LogP contribution in [0.3, 0.4) is 0 Å². The molecule has 1 N–H and O–H groups in total. The molecule has 1 aliphatic rings. The fourth-order valence-electron chi connectivity index (χ4n) is 3.59. The van der Waals surface area contributed by atoms with Gasteiger partial charge in [-0.2, -0.15) is 0 Å². The molecule has 2 aromatic carbocycles. The van der Waals surface area contributed by atoms with Crippen LogP contribution in [0.4, 0.5) is 5.69 Å². The van der Waals surface area contributed by atoms with Crippen LogP contribution in [0.25, 0.3) is 0 Å². The average molecular weight is 324 g/mol. The maximum absolute atomic E-state index is 11.4. The molecule has 0 amide bonds. The van der Waals surface area contributed by atoms with E-state index in [2.05, 4.69) is 41.0 Å². The number of carbonyl (C=O) groups is 1. The molecule has 0 spiro atoms. The molecule has 0 unspecified atom stereocenters. The molecule has 2 atom stereocenters. The minimum Gasteiger partial charge on any atom is -0.481 e. The number of rotatable bonds is 5. The van der Waals surface area contributed by atoms with Gasteiger partial charge >= 0.3 is 5.97 Å². The van der Waals surface area contributed by atoms with Gasteiger partial charge in [0.2, 0.25) is 0 Å². The molecule has 0 radical (unpaired) electrons. The van der Waals surface area contributed by atoms with E-state index < -0.39 is 5.97 Å². The minimum atomic E-state index is -0.736. The lowest BCUT2D eigenvalue weighted by Gasteiger charge is -2.47. The second kappa shape index (κ2) is 7.49. The molecule has 0 saturated carbocycles. The van der Waals surface area contributed by atoms with E-state index >= 15 is 0 Å². The number of carboxylic acid groups (broad SMARTS) is 1. The van der Waals surface area contributed by atoms with Crippen LogP contribution in [0.15, 0.2) is 60.7 Å². The van der Waals surface area contributed by atoms with Crippen molar-refractivity contribution in [2.24, 2.45) is 0 Å². The molecule has 1 fully saturated rings. The standard InChI is InChI=1S/C20H24N2O2/c1-16-19(14-20(23)24)21(15-17-8-4-2-5-9-17)12-13-22(16)18-10-6-3-7-11-18/h2-11,16,19H,12-15H2,1H3,(H,23,24)/t16-,19-/m0/s1. The molecule has 126 valence electrons. The van der Waals surface area contributed by atoms with Gasteiger partial charge in [-0.05, 0) is 24.6 Å². The van der Waals surface area contributed by atoms with E-state index in [4.69, 9.17) is 0 Å². The quantitative estimate of drug-likeness (QED) is 0.917. The topological polar surface area (TPSA) is 43.8 Å². The van der Waals surface area contributed by atoms with Gasteiger partial charge in [-0.25, -0.2) is 0 Å². The lowest BCUT2D eigenvalue weighted by molar-refractivity contribution is -0.138. The lowest BCUT2D eigenvalue weighted by Crippen LogP contribution is -2.58. The van der Waals surface area contributed by atoms with Gasteiger partial charge in [-0.3, -0.25) is 9.69 Å². The zero-order valence-corrected chi connectivity index (χ0v) is 14.0. The molecule has 1 saturated heterocycles. The largest absolute Gasteiger partial charge is 0.481 e. The van der Waals surface area contributed by atoms with Crippen molar-refractivity contribution in [2.45, 2.75) is 32.0 Å². The Labute approximate surface area is 143 Å². The van der Waals surface area contributed by atoms with Crippen LogP contribution in [0.2, 0.25) is 0 Å². The van der Waals surface area contributed by atoms with Crippen LogP contribution >= 0.6 is 0 Å². The fraction of sp³-hybridized carbons (Fsp3) is 0.350. The van der Waals surface area contributed by atoms with Crippen molar-refractivity contribution in [3.05, 3.63) is 66.2 Å². The highest BCUT2D eigenvalue weighted by Crippen LogP contribution is 2.27. The maximum Gasteiger partial charge on any atom is 0.305 e.